The SMILES string of the molecule is COc1ccc(CNC(=S)NCc2ccc(Cl)cc2)cc1. The Morgan fingerprint density at radius 2 is 1.43 bits per heavy atom. The molecule has 3 nitrogen and oxygen atoms in total. The van der Waals surface area contributed by atoms with E-state index in [4.69, 9.17) is 28.6 Å². The minimum Gasteiger partial charge on any atom is -0.497 e. The Kier molecular flexibility index (Phi) is 5.84. The van der Waals surface area contributed by atoms with Gasteiger partial charge >= 0.3 is 0 Å². The number of benzene rings is 2. The third-order valence-electron chi connectivity index (χ3n) is 2.98. The molecule has 2 aromatic carbocycles. The van der Waals surface area contributed by atoms with Crippen molar-refractivity contribution in [3.8, 4) is 5.75 Å². The first-order chi connectivity index (χ1) is 10.2. The van der Waals surface area contributed by atoms with Gasteiger partial charge in [-0.3, -0.25) is 0 Å². The highest BCUT2D eigenvalue weighted by Crippen LogP contribution is 2.11. The van der Waals surface area contributed by atoms with E-state index in [1.54, 1.807) is 7.11 Å². The van der Waals surface area contributed by atoms with Crippen LogP contribution in [0.2, 0.25) is 5.02 Å². The summed E-state index contributed by atoms with van der Waals surface area (Å²) in [7, 11) is 1.66. The van der Waals surface area contributed by atoms with Crippen molar-refractivity contribution in [2.45, 2.75) is 13.1 Å². The Morgan fingerprint density at radius 1 is 0.952 bits per heavy atom. The van der Waals surface area contributed by atoms with Crippen LogP contribution in [0, 0.1) is 0 Å². The number of nitrogens with one attached hydrogen (secondary N) is 2. The van der Waals surface area contributed by atoms with Crippen LogP contribution in [0.1, 0.15) is 11.1 Å². The summed E-state index contributed by atoms with van der Waals surface area (Å²) >= 11 is 11.1. The van der Waals surface area contributed by atoms with Crippen LogP contribution in [-0.2, 0) is 13.1 Å². The molecule has 2 rings (SSSR count). The molecule has 0 saturated heterocycles. The molecule has 0 amide bonds. The highest BCUT2D eigenvalue weighted by atomic mass is 35.5. The maximum atomic E-state index is 5.85. The highest BCUT2D eigenvalue weighted by Gasteiger charge is 1.98. The van der Waals surface area contributed by atoms with Crippen LogP contribution < -0.4 is 15.4 Å². The summed E-state index contributed by atoms with van der Waals surface area (Å²) in [5.41, 5.74) is 2.28. The molecule has 0 heterocycles. The number of ether oxygens (including phenoxy) is 1. The fourth-order valence-electron chi connectivity index (χ4n) is 1.77. The molecule has 0 aromatic heterocycles. The molecule has 0 saturated carbocycles. The van der Waals surface area contributed by atoms with E-state index in [0.29, 0.717) is 18.2 Å². The van der Waals surface area contributed by atoms with Crippen LogP contribution in [0.25, 0.3) is 0 Å². The molecule has 0 aliphatic rings. The van der Waals surface area contributed by atoms with E-state index < -0.39 is 0 Å². The molecule has 5 heteroatoms. The van der Waals surface area contributed by atoms with Crippen LogP contribution in [-0.4, -0.2) is 12.2 Å². The molecule has 2 aromatic rings. The number of rotatable bonds is 5. The largest absolute Gasteiger partial charge is 0.497 e. The molecule has 0 aliphatic carbocycles. The van der Waals surface area contributed by atoms with Gasteiger partial charge in [0.2, 0.25) is 0 Å². The number of thiocarbonyl (C=S) groups is 1. The lowest BCUT2D eigenvalue weighted by Gasteiger charge is -2.11. The first-order valence-corrected chi connectivity index (χ1v) is 7.35. The Hall–Kier alpha value is -1.78. The topological polar surface area (TPSA) is 33.3 Å². The zero-order chi connectivity index (χ0) is 15.1. The van der Waals surface area contributed by atoms with Gasteiger partial charge in [0.05, 0.1) is 7.11 Å². The lowest BCUT2D eigenvalue weighted by Crippen LogP contribution is -2.34. The van der Waals surface area contributed by atoms with Crippen LogP contribution in [0.4, 0.5) is 0 Å². The second kappa shape index (κ2) is 7.86. The maximum Gasteiger partial charge on any atom is 0.166 e. The molecule has 21 heavy (non-hydrogen) atoms. The van der Waals surface area contributed by atoms with Crippen molar-refractivity contribution in [3.63, 3.8) is 0 Å². The molecule has 0 radical (unpaired) electrons. The van der Waals surface area contributed by atoms with Crippen molar-refractivity contribution >= 4 is 28.9 Å². The first-order valence-electron chi connectivity index (χ1n) is 6.56. The molecular formula is C16H17ClN2OS. The lowest BCUT2D eigenvalue weighted by molar-refractivity contribution is 0.414. The Bertz CT molecular complexity index is 584. The van der Waals surface area contributed by atoms with Crippen molar-refractivity contribution < 1.29 is 4.74 Å². The minimum atomic E-state index is 0.626. The quantitative estimate of drug-likeness (QED) is 0.826. The fraction of sp³-hybridized carbons (Fsp3) is 0.188. The summed E-state index contributed by atoms with van der Waals surface area (Å²) in [5, 5.41) is 7.70. The molecule has 0 unspecified atom stereocenters. The maximum absolute atomic E-state index is 5.85. The summed E-state index contributed by atoms with van der Waals surface area (Å²) in [6.07, 6.45) is 0. The van der Waals surface area contributed by atoms with Crippen LogP contribution in [0.15, 0.2) is 48.5 Å². The van der Waals surface area contributed by atoms with E-state index in [2.05, 4.69) is 10.6 Å². The molecule has 0 aliphatic heterocycles. The number of hydrogen-bond acceptors (Lipinski definition) is 2. The third kappa shape index (κ3) is 5.25. The Labute approximate surface area is 135 Å². The normalized spacial score (nSPS) is 10.0. The van der Waals surface area contributed by atoms with Gasteiger partial charge in [-0.25, -0.2) is 0 Å². The van der Waals surface area contributed by atoms with Crippen molar-refractivity contribution in [1.82, 2.24) is 10.6 Å². The van der Waals surface area contributed by atoms with E-state index >= 15 is 0 Å². The Balaban J connectivity index is 1.75. The Morgan fingerprint density at radius 3 is 1.90 bits per heavy atom. The van der Waals surface area contributed by atoms with Gasteiger partial charge in [-0.15, -0.1) is 0 Å². The predicted octanol–water partition coefficient (Wildman–Crippen LogP) is 3.51. The first kappa shape index (κ1) is 15.6. The third-order valence-corrected chi connectivity index (χ3v) is 3.52. The molecule has 0 fully saturated rings. The van der Waals surface area contributed by atoms with E-state index in [-0.39, 0.29) is 0 Å². The van der Waals surface area contributed by atoms with E-state index in [1.807, 2.05) is 48.5 Å². The van der Waals surface area contributed by atoms with E-state index in [1.165, 1.54) is 0 Å². The summed E-state index contributed by atoms with van der Waals surface area (Å²) < 4.78 is 5.12. The number of halogens is 1. The average molecular weight is 321 g/mol. The van der Waals surface area contributed by atoms with Gasteiger partial charge in [0.25, 0.3) is 0 Å². The van der Waals surface area contributed by atoms with Crippen LogP contribution in [0.5, 0.6) is 5.75 Å². The van der Waals surface area contributed by atoms with Gasteiger partial charge in [-0.05, 0) is 47.6 Å². The summed E-state index contributed by atoms with van der Waals surface area (Å²) in [5.74, 6) is 0.849. The van der Waals surface area contributed by atoms with Crippen LogP contribution in [0.3, 0.4) is 0 Å². The second-order valence-electron chi connectivity index (χ2n) is 4.51. The molecule has 110 valence electrons. The van der Waals surface area contributed by atoms with Gasteiger partial charge in [0.1, 0.15) is 5.75 Å². The van der Waals surface area contributed by atoms with Gasteiger partial charge in [0.15, 0.2) is 5.11 Å². The molecule has 2 N–H and O–H groups in total. The summed E-state index contributed by atoms with van der Waals surface area (Å²) in [6, 6.07) is 15.6. The molecule has 0 spiro atoms. The van der Waals surface area contributed by atoms with Gasteiger partial charge in [-0.1, -0.05) is 35.9 Å². The minimum absolute atomic E-state index is 0.626. The van der Waals surface area contributed by atoms with E-state index in [0.717, 1.165) is 21.9 Å². The lowest BCUT2D eigenvalue weighted by atomic mass is 10.2. The van der Waals surface area contributed by atoms with Crippen LogP contribution >= 0.6 is 23.8 Å². The smallest absolute Gasteiger partial charge is 0.166 e. The zero-order valence-electron chi connectivity index (χ0n) is 11.7. The number of methoxy groups -OCH3 is 1. The molecular weight excluding hydrogens is 304 g/mol. The summed E-state index contributed by atoms with van der Waals surface area (Å²) in [6.45, 7) is 1.35. The van der Waals surface area contributed by atoms with Gasteiger partial charge in [-0.2, -0.15) is 0 Å². The average Bonchev–Trinajstić information content (AvgIpc) is 2.53. The van der Waals surface area contributed by atoms with E-state index in [9.17, 15) is 0 Å². The van der Waals surface area contributed by atoms with Crippen molar-refractivity contribution in [1.29, 1.82) is 0 Å². The van der Waals surface area contributed by atoms with Crippen molar-refractivity contribution in [3.05, 3.63) is 64.7 Å². The highest BCUT2D eigenvalue weighted by molar-refractivity contribution is 7.80. The standard InChI is InChI=1S/C16H17ClN2OS/c1-20-15-8-4-13(5-9-15)11-19-16(21)18-10-12-2-6-14(17)7-3-12/h2-9H,10-11H2,1H3,(H2,18,19,21). The summed E-state index contributed by atoms with van der Waals surface area (Å²) in [4.78, 5) is 0. The van der Waals surface area contributed by atoms with Crippen molar-refractivity contribution in [2.75, 3.05) is 7.11 Å². The molecule has 0 bridgehead atoms. The van der Waals surface area contributed by atoms with Gasteiger partial charge < -0.3 is 15.4 Å². The monoisotopic (exact) mass is 320 g/mol. The zero-order valence-corrected chi connectivity index (χ0v) is 13.3. The van der Waals surface area contributed by atoms with Gasteiger partial charge in [0, 0.05) is 18.1 Å². The molecule has 0 atom stereocenters. The second-order valence-corrected chi connectivity index (χ2v) is 5.36. The predicted molar refractivity (Wildman–Crippen MR) is 90.7 cm³/mol. The van der Waals surface area contributed by atoms with Crippen molar-refractivity contribution in [2.24, 2.45) is 0 Å². The number of hydrogen-bond donors (Lipinski definition) is 2. The fourth-order valence-corrected chi connectivity index (χ4v) is 2.04.